The maximum absolute atomic E-state index is 12.2. The van der Waals surface area contributed by atoms with Crippen molar-refractivity contribution in [2.45, 2.75) is 6.92 Å². The summed E-state index contributed by atoms with van der Waals surface area (Å²) in [5.74, 6) is -1.54. The Balaban J connectivity index is 1.78. The Morgan fingerprint density at radius 3 is 2.00 bits per heavy atom. The van der Waals surface area contributed by atoms with Crippen molar-refractivity contribution in [3.8, 4) is 0 Å². The Bertz CT molecular complexity index is 790. The van der Waals surface area contributed by atoms with E-state index in [4.69, 9.17) is 0 Å². The summed E-state index contributed by atoms with van der Waals surface area (Å²) >= 11 is 0. The topological polar surface area (TPSA) is 66.5 Å². The Morgan fingerprint density at radius 2 is 1.43 bits per heavy atom. The first-order chi connectivity index (χ1) is 11.1. The van der Waals surface area contributed by atoms with Crippen molar-refractivity contribution in [1.82, 2.24) is 10.4 Å². The molecule has 0 unspecified atom stereocenters. The molecule has 2 aromatic carbocycles. The minimum absolute atomic E-state index is 0.294. The van der Waals surface area contributed by atoms with Gasteiger partial charge in [-0.05, 0) is 30.7 Å². The number of hydrazine groups is 1. The van der Waals surface area contributed by atoms with E-state index in [0.29, 0.717) is 16.7 Å². The lowest BCUT2D eigenvalue weighted by Gasteiger charge is -2.15. The molecule has 1 N–H and O–H groups in total. The first kappa shape index (κ1) is 14.7. The Labute approximate surface area is 133 Å². The second kappa shape index (κ2) is 5.88. The number of rotatable bonds is 3. The van der Waals surface area contributed by atoms with Gasteiger partial charge in [0.15, 0.2) is 0 Å². The number of imide groups is 1. The molecule has 2 aromatic rings. The van der Waals surface area contributed by atoms with E-state index < -0.39 is 17.7 Å². The summed E-state index contributed by atoms with van der Waals surface area (Å²) in [5.41, 5.74) is 4.22. The monoisotopic (exact) mass is 306 g/mol. The number of carbonyl (C=O) groups excluding carboxylic acids is 3. The molecule has 3 amide bonds. The van der Waals surface area contributed by atoms with Gasteiger partial charge in [-0.25, -0.2) is 0 Å². The van der Waals surface area contributed by atoms with E-state index in [1.54, 1.807) is 37.3 Å². The van der Waals surface area contributed by atoms with Gasteiger partial charge in [0.25, 0.3) is 17.7 Å². The highest BCUT2D eigenvalue weighted by Crippen LogP contribution is 2.21. The van der Waals surface area contributed by atoms with Gasteiger partial charge in [0.2, 0.25) is 0 Å². The summed E-state index contributed by atoms with van der Waals surface area (Å²) in [4.78, 5) is 36.6. The van der Waals surface area contributed by atoms with Crippen LogP contribution < -0.4 is 5.43 Å². The molecule has 0 aliphatic carbocycles. The molecule has 0 atom stereocenters. The third-order valence-corrected chi connectivity index (χ3v) is 3.55. The molecule has 0 saturated heterocycles. The summed E-state index contributed by atoms with van der Waals surface area (Å²) in [6, 6.07) is 15.8. The van der Waals surface area contributed by atoms with Crippen LogP contribution >= 0.6 is 0 Å². The number of nitrogens with zero attached hydrogens (tertiary/aromatic N) is 1. The van der Waals surface area contributed by atoms with Gasteiger partial charge in [0.1, 0.15) is 0 Å². The van der Waals surface area contributed by atoms with Crippen LogP contribution in [0, 0.1) is 0 Å². The molecule has 1 heterocycles. The molecule has 0 saturated carbocycles. The number of amides is 3. The average molecular weight is 306 g/mol. The Kier molecular flexibility index (Phi) is 3.76. The molecule has 23 heavy (non-hydrogen) atoms. The van der Waals surface area contributed by atoms with Crippen molar-refractivity contribution in [3.63, 3.8) is 0 Å². The van der Waals surface area contributed by atoms with Crippen LogP contribution in [0.2, 0.25) is 0 Å². The molecule has 0 radical (unpaired) electrons. The van der Waals surface area contributed by atoms with Crippen LogP contribution in [0.3, 0.4) is 0 Å². The molecule has 1 aliphatic heterocycles. The van der Waals surface area contributed by atoms with Crippen LogP contribution in [0.15, 0.2) is 60.2 Å². The summed E-state index contributed by atoms with van der Waals surface area (Å²) in [7, 11) is 0. The zero-order chi connectivity index (χ0) is 16.4. The lowest BCUT2D eigenvalue weighted by atomic mass is 10.1. The SMILES string of the molecule is C/C(=C\c1ccccc1)C(=O)NN1C(=O)c2ccccc2C1=O. The second-order valence-corrected chi connectivity index (χ2v) is 5.17. The molecule has 0 aromatic heterocycles. The molecule has 5 nitrogen and oxygen atoms in total. The maximum Gasteiger partial charge on any atom is 0.280 e. The van der Waals surface area contributed by atoms with Crippen molar-refractivity contribution in [2.75, 3.05) is 0 Å². The lowest BCUT2D eigenvalue weighted by molar-refractivity contribution is -0.120. The maximum atomic E-state index is 12.2. The van der Waals surface area contributed by atoms with Gasteiger partial charge < -0.3 is 0 Å². The highest BCUT2D eigenvalue weighted by Gasteiger charge is 2.36. The average Bonchev–Trinajstić information content (AvgIpc) is 2.81. The standard InChI is InChI=1S/C18H14N2O3/c1-12(11-13-7-3-2-4-8-13)16(21)19-20-17(22)14-9-5-6-10-15(14)18(20)23/h2-11H,1H3,(H,19,21)/b12-11+. The highest BCUT2D eigenvalue weighted by molar-refractivity contribution is 6.22. The highest BCUT2D eigenvalue weighted by atomic mass is 16.2. The van der Waals surface area contributed by atoms with Crippen LogP contribution in [0.1, 0.15) is 33.2 Å². The van der Waals surface area contributed by atoms with Crippen molar-refractivity contribution < 1.29 is 14.4 Å². The van der Waals surface area contributed by atoms with Crippen LogP contribution in [0.4, 0.5) is 0 Å². The quantitative estimate of drug-likeness (QED) is 0.699. The van der Waals surface area contributed by atoms with Gasteiger partial charge >= 0.3 is 0 Å². The number of nitrogens with one attached hydrogen (secondary N) is 1. The van der Waals surface area contributed by atoms with Crippen LogP contribution in [-0.4, -0.2) is 22.7 Å². The number of benzene rings is 2. The third-order valence-electron chi connectivity index (χ3n) is 3.55. The number of hydrogen-bond donors (Lipinski definition) is 1. The first-order valence-corrected chi connectivity index (χ1v) is 7.10. The Hall–Kier alpha value is -3.21. The fourth-order valence-electron chi connectivity index (χ4n) is 2.35. The van der Waals surface area contributed by atoms with E-state index in [2.05, 4.69) is 5.43 Å². The molecule has 0 bridgehead atoms. The second-order valence-electron chi connectivity index (χ2n) is 5.17. The third kappa shape index (κ3) is 2.76. The smallest absolute Gasteiger partial charge is 0.268 e. The van der Waals surface area contributed by atoms with Crippen molar-refractivity contribution in [3.05, 3.63) is 76.9 Å². The summed E-state index contributed by atoms with van der Waals surface area (Å²) in [6.45, 7) is 1.63. The Morgan fingerprint density at radius 1 is 0.913 bits per heavy atom. The van der Waals surface area contributed by atoms with Gasteiger partial charge in [-0.3, -0.25) is 19.8 Å². The molecule has 0 fully saturated rings. The van der Waals surface area contributed by atoms with E-state index in [1.165, 1.54) is 0 Å². The van der Waals surface area contributed by atoms with Gasteiger partial charge in [-0.1, -0.05) is 42.5 Å². The zero-order valence-electron chi connectivity index (χ0n) is 12.4. The first-order valence-electron chi connectivity index (χ1n) is 7.10. The molecule has 1 aliphatic rings. The normalized spacial score (nSPS) is 14.0. The van der Waals surface area contributed by atoms with Crippen LogP contribution in [0.25, 0.3) is 6.08 Å². The van der Waals surface area contributed by atoms with Crippen LogP contribution in [0.5, 0.6) is 0 Å². The van der Waals surface area contributed by atoms with Gasteiger partial charge in [0.05, 0.1) is 11.1 Å². The van der Waals surface area contributed by atoms with Crippen molar-refractivity contribution in [1.29, 1.82) is 0 Å². The van der Waals surface area contributed by atoms with E-state index >= 15 is 0 Å². The van der Waals surface area contributed by atoms with Gasteiger partial charge in [-0.2, -0.15) is 5.01 Å². The van der Waals surface area contributed by atoms with Gasteiger partial charge in [-0.15, -0.1) is 0 Å². The molecule has 5 heteroatoms. The van der Waals surface area contributed by atoms with Crippen molar-refractivity contribution in [2.24, 2.45) is 0 Å². The number of fused-ring (bicyclic) bond motifs is 1. The van der Waals surface area contributed by atoms with Gasteiger partial charge in [0, 0.05) is 5.57 Å². The fraction of sp³-hybridized carbons (Fsp3) is 0.0556. The summed E-state index contributed by atoms with van der Waals surface area (Å²) < 4.78 is 0. The van der Waals surface area contributed by atoms with E-state index in [1.807, 2.05) is 30.3 Å². The van der Waals surface area contributed by atoms with E-state index in [0.717, 1.165) is 10.6 Å². The number of carbonyl (C=O) groups is 3. The van der Waals surface area contributed by atoms with E-state index in [9.17, 15) is 14.4 Å². The molecule has 0 spiro atoms. The zero-order valence-corrected chi connectivity index (χ0v) is 12.4. The summed E-state index contributed by atoms with van der Waals surface area (Å²) in [6.07, 6.45) is 1.69. The largest absolute Gasteiger partial charge is 0.280 e. The van der Waals surface area contributed by atoms with Crippen LogP contribution in [-0.2, 0) is 4.79 Å². The fourth-order valence-corrected chi connectivity index (χ4v) is 2.35. The predicted octanol–water partition coefficient (Wildman–Crippen LogP) is 2.42. The number of hydrogen-bond acceptors (Lipinski definition) is 3. The minimum atomic E-state index is -0.522. The van der Waals surface area contributed by atoms with Crippen molar-refractivity contribution >= 4 is 23.8 Å². The molecule has 114 valence electrons. The molecular formula is C18H14N2O3. The van der Waals surface area contributed by atoms with E-state index in [-0.39, 0.29) is 0 Å². The predicted molar refractivity (Wildman–Crippen MR) is 85.2 cm³/mol. The molecule has 3 rings (SSSR count). The lowest BCUT2D eigenvalue weighted by Crippen LogP contribution is -2.46. The molecular weight excluding hydrogens is 292 g/mol. The summed E-state index contributed by atoms with van der Waals surface area (Å²) in [5, 5.41) is 0.759. The minimum Gasteiger partial charge on any atom is -0.268 e.